The number of rotatable bonds is 4. The molecule has 1 aliphatic rings. The van der Waals surface area contributed by atoms with Gasteiger partial charge in [-0.15, -0.1) is 0 Å². The van der Waals surface area contributed by atoms with E-state index in [1.54, 1.807) is 4.90 Å². The Morgan fingerprint density at radius 1 is 1.21 bits per heavy atom. The SMILES string of the molecule is CN(C(=O)CN(C)C1CCCC1)c1ccc(N)cc1. The molecule has 4 heteroatoms. The van der Waals surface area contributed by atoms with E-state index in [4.69, 9.17) is 5.73 Å². The summed E-state index contributed by atoms with van der Waals surface area (Å²) in [5, 5.41) is 0. The summed E-state index contributed by atoms with van der Waals surface area (Å²) < 4.78 is 0. The summed E-state index contributed by atoms with van der Waals surface area (Å²) in [6.45, 7) is 0.478. The molecule has 0 atom stereocenters. The summed E-state index contributed by atoms with van der Waals surface area (Å²) >= 11 is 0. The third kappa shape index (κ3) is 3.47. The minimum Gasteiger partial charge on any atom is -0.399 e. The van der Waals surface area contributed by atoms with E-state index in [1.807, 2.05) is 38.4 Å². The third-order valence-electron chi connectivity index (χ3n) is 3.99. The van der Waals surface area contributed by atoms with Crippen LogP contribution in [0.25, 0.3) is 0 Å². The third-order valence-corrected chi connectivity index (χ3v) is 3.99. The lowest BCUT2D eigenvalue weighted by molar-refractivity contribution is -0.119. The number of nitrogen functional groups attached to an aromatic ring is 1. The van der Waals surface area contributed by atoms with Crippen LogP contribution in [0, 0.1) is 0 Å². The number of hydrogen-bond donors (Lipinski definition) is 1. The fourth-order valence-electron chi connectivity index (χ4n) is 2.64. The lowest BCUT2D eigenvalue weighted by Gasteiger charge is -2.26. The van der Waals surface area contributed by atoms with Gasteiger partial charge in [0.25, 0.3) is 0 Å². The van der Waals surface area contributed by atoms with Gasteiger partial charge < -0.3 is 10.6 Å². The van der Waals surface area contributed by atoms with Gasteiger partial charge in [0.05, 0.1) is 6.54 Å². The lowest BCUT2D eigenvalue weighted by atomic mass is 10.2. The fraction of sp³-hybridized carbons (Fsp3) is 0.533. The summed E-state index contributed by atoms with van der Waals surface area (Å²) in [7, 11) is 3.86. The molecule has 0 saturated heterocycles. The zero-order chi connectivity index (χ0) is 13.8. The molecule has 2 rings (SSSR count). The maximum absolute atomic E-state index is 12.2. The Morgan fingerprint density at radius 3 is 2.37 bits per heavy atom. The molecule has 1 aromatic carbocycles. The minimum absolute atomic E-state index is 0.124. The average molecular weight is 261 g/mol. The second kappa shape index (κ2) is 6.06. The Morgan fingerprint density at radius 2 is 1.79 bits per heavy atom. The summed E-state index contributed by atoms with van der Waals surface area (Å²) in [4.78, 5) is 16.1. The molecule has 0 spiro atoms. The number of anilines is 2. The first kappa shape index (κ1) is 13.9. The van der Waals surface area contributed by atoms with Gasteiger partial charge in [0.2, 0.25) is 5.91 Å². The summed E-state index contributed by atoms with van der Waals surface area (Å²) in [5.41, 5.74) is 7.26. The summed E-state index contributed by atoms with van der Waals surface area (Å²) in [6, 6.07) is 7.97. The van der Waals surface area contributed by atoms with E-state index in [9.17, 15) is 4.79 Å². The molecule has 4 nitrogen and oxygen atoms in total. The van der Waals surface area contributed by atoms with Crippen molar-refractivity contribution in [3.8, 4) is 0 Å². The Bertz CT molecular complexity index is 424. The molecule has 1 aliphatic carbocycles. The Labute approximate surface area is 115 Å². The molecule has 0 unspecified atom stereocenters. The number of likely N-dealkylation sites (N-methyl/N-ethyl adjacent to an activating group) is 2. The monoisotopic (exact) mass is 261 g/mol. The van der Waals surface area contributed by atoms with E-state index >= 15 is 0 Å². The van der Waals surface area contributed by atoms with Gasteiger partial charge in [-0.25, -0.2) is 0 Å². The maximum atomic E-state index is 12.2. The van der Waals surface area contributed by atoms with Crippen molar-refractivity contribution in [3.05, 3.63) is 24.3 Å². The molecule has 0 radical (unpaired) electrons. The summed E-state index contributed by atoms with van der Waals surface area (Å²) in [5.74, 6) is 0.124. The highest BCUT2D eigenvalue weighted by molar-refractivity contribution is 5.94. The number of nitrogens with two attached hydrogens (primary N) is 1. The molecule has 0 aliphatic heterocycles. The minimum atomic E-state index is 0.124. The molecular formula is C15H23N3O. The molecule has 104 valence electrons. The van der Waals surface area contributed by atoms with Crippen molar-refractivity contribution in [1.82, 2.24) is 4.90 Å². The van der Waals surface area contributed by atoms with Crippen LogP contribution >= 0.6 is 0 Å². The van der Waals surface area contributed by atoms with Crippen molar-refractivity contribution in [2.75, 3.05) is 31.3 Å². The van der Waals surface area contributed by atoms with E-state index in [0.717, 1.165) is 5.69 Å². The number of benzene rings is 1. The number of amides is 1. The first-order valence-electron chi connectivity index (χ1n) is 6.90. The van der Waals surface area contributed by atoms with Crippen LogP contribution in [-0.4, -0.2) is 37.5 Å². The standard InChI is InChI=1S/C15H23N3O/c1-17(13-5-3-4-6-13)11-15(19)18(2)14-9-7-12(16)8-10-14/h7-10,13H,3-6,11,16H2,1-2H3. The number of carbonyl (C=O) groups excluding carboxylic acids is 1. The van der Waals surface area contributed by atoms with Gasteiger partial charge in [-0.2, -0.15) is 0 Å². The molecule has 0 heterocycles. The van der Waals surface area contributed by atoms with Gasteiger partial charge in [0.1, 0.15) is 0 Å². The highest BCUT2D eigenvalue weighted by Crippen LogP contribution is 2.22. The van der Waals surface area contributed by atoms with Crippen LogP contribution in [0.5, 0.6) is 0 Å². The zero-order valence-corrected chi connectivity index (χ0v) is 11.8. The van der Waals surface area contributed by atoms with Crippen LogP contribution < -0.4 is 10.6 Å². The normalized spacial score (nSPS) is 15.9. The van der Waals surface area contributed by atoms with Crippen LogP contribution in [-0.2, 0) is 4.79 Å². The molecule has 1 saturated carbocycles. The Kier molecular flexibility index (Phi) is 4.43. The van der Waals surface area contributed by atoms with Gasteiger partial charge in [0, 0.05) is 24.5 Å². The van der Waals surface area contributed by atoms with Crippen molar-refractivity contribution in [2.45, 2.75) is 31.7 Å². The Hall–Kier alpha value is -1.55. The maximum Gasteiger partial charge on any atom is 0.240 e. The van der Waals surface area contributed by atoms with Gasteiger partial charge in [-0.05, 0) is 44.2 Å². The molecular weight excluding hydrogens is 238 g/mol. The highest BCUT2D eigenvalue weighted by atomic mass is 16.2. The van der Waals surface area contributed by atoms with Crippen molar-refractivity contribution in [3.63, 3.8) is 0 Å². The largest absolute Gasteiger partial charge is 0.399 e. The number of nitrogens with zero attached hydrogens (tertiary/aromatic N) is 2. The first-order valence-corrected chi connectivity index (χ1v) is 6.90. The number of hydrogen-bond acceptors (Lipinski definition) is 3. The quantitative estimate of drug-likeness (QED) is 0.844. The van der Waals surface area contributed by atoms with Gasteiger partial charge >= 0.3 is 0 Å². The van der Waals surface area contributed by atoms with E-state index in [0.29, 0.717) is 18.3 Å². The van der Waals surface area contributed by atoms with Gasteiger partial charge in [0.15, 0.2) is 0 Å². The predicted molar refractivity (Wildman–Crippen MR) is 79.2 cm³/mol. The molecule has 1 amide bonds. The predicted octanol–water partition coefficient (Wildman–Crippen LogP) is 2.11. The zero-order valence-electron chi connectivity index (χ0n) is 11.8. The molecule has 1 fully saturated rings. The average Bonchev–Trinajstić information content (AvgIpc) is 2.92. The molecule has 1 aromatic rings. The van der Waals surface area contributed by atoms with Crippen molar-refractivity contribution < 1.29 is 4.79 Å². The molecule has 0 aromatic heterocycles. The van der Waals surface area contributed by atoms with Crippen LogP contribution in [0.15, 0.2) is 24.3 Å². The Balaban J connectivity index is 1.93. The van der Waals surface area contributed by atoms with Crippen LogP contribution in [0.2, 0.25) is 0 Å². The van der Waals surface area contributed by atoms with Crippen molar-refractivity contribution in [1.29, 1.82) is 0 Å². The second-order valence-electron chi connectivity index (χ2n) is 5.40. The second-order valence-corrected chi connectivity index (χ2v) is 5.40. The van der Waals surface area contributed by atoms with E-state index in [1.165, 1.54) is 25.7 Å². The molecule has 0 bridgehead atoms. The van der Waals surface area contributed by atoms with E-state index in [2.05, 4.69) is 4.90 Å². The topological polar surface area (TPSA) is 49.6 Å². The molecule has 2 N–H and O–H groups in total. The first-order chi connectivity index (χ1) is 9.08. The van der Waals surface area contributed by atoms with Crippen LogP contribution in [0.3, 0.4) is 0 Å². The van der Waals surface area contributed by atoms with Crippen LogP contribution in [0.1, 0.15) is 25.7 Å². The smallest absolute Gasteiger partial charge is 0.240 e. The van der Waals surface area contributed by atoms with Gasteiger partial charge in [-0.3, -0.25) is 9.69 Å². The van der Waals surface area contributed by atoms with Crippen LogP contribution in [0.4, 0.5) is 11.4 Å². The van der Waals surface area contributed by atoms with E-state index < -0.39 is 0 Å². The van der Waals surface area contributed by atoms with Crippen molar-refractivity contribution in [2.24, 2.45) is 0 Å². The summed E-state index contributed by atoms with van der Waals surface area (Å²) in [6.07, 6.45) is 5.01. The van der Waals surface area contributed by atoms with E-state index in [-0.39, 0.29) is 5.91 Å². The number of carbonyl (C=O) groups is 1. The molecule has 19 heavy (non-hydrogen) atoms. The van der Waals surface area contributed by atoms with Crippen molar-refractivity contribution >= 4 is 17.3 Å². The lowest BCUT2D eigenvalue weighted by Crippen LogP contribution is -2.40. The van der Waals surface area contributed by atoms with Gasteiger partial charge in [-0.1, -0.05) is 12.8 Å². The fourth-order valence-corrected chi connectivity index (χ4v) is 2.64. The highest BCUT2D eigenvalue weighted by Gasteiger charge is 2.22.